The van der Waals surface area contributed by atoms with Gasteiger partial charge in [0.05, 0.1) is 18.5 Å². The van der Waals surface area contributed by atoms with Crippen LogP contribution in [-0.4, -0.2) is 19.1 Å². The summed E-state index contributed by atoms with van der Waals surface area (Å²) in [6, 6.07) is 15.1. The molecule has 1 N–H and O–H groups in total. The maximum atomic E-state index is 12.5. The monoisotopic (exact) mass is 268 g/mol. The molecule has 3 rings (SSSR count). The van der Waals surface area contributed by atoms with Gasteiger partial charge in [-0.15, -0.1) is 0 Å². The molecule has 0 radical (unpaired) electrons. The molecular weight excluding hydrogens is 252 g/mol. The van der Waals surface area contributed by atoms with E-state index < -0.39 is 0 Å². The van der Waals surface area contributed by atoms with E-state index in [2.05, 4.69) is 5.32 Å². The van der Waals surface area contributed by atoms with Crippen LogP contribution in [0.1, 0.15) is 6.92 Å². The molecule has 1 amide bonds. The number of anilines is 3. The summed E-state index contributed by atoms with van der Waals surface area (Å²) in [5.41, 5.74) is 2.69. The van der Waals surface area contributed by atoms with E-state index in [0.717, 1.165) is 22.8 Å². The zero-order valence-electron chi connectivity index (χ0n) is 11.5. The first-order valence-corrected chi connectivity index (χ1v) is 6.54. The Balaban J connectivity index is 2.08. The van der Waals surface area contributed by atoms with Gasteiger partial charge < -0.3 is 10.1 Å². The van der Waals surface area contributed by atoms with Crippen LogP contribution in [0.2, 0.25) is 0 Å². The first-order chi connectivity index (χ1) is 9.70. The molecule has 0 fully saturated rings. The molecule has 0 saturated heterocycles. The van der Waals surface area contributed by atoms with Crippen LogP contribution in [-0.2, 0) is 4.79 Å². The molecule has 102 valence electrons. The summed E-state index contributed by atoms with van der Waals surface area (Å²) in [4.78, 5) is 14.2. The Morgan fingerprint density at radius 2 is 1.80 bits per heavy atom. The van der Waals surface area contributed by atoms with E-state index in [1.165, 1.54) is 0 Å². The third-order valence-electron chi connectivity index (χ3n) is 3.44. The molecule has 4 nitrogen and oxygen atoms in total. The lowest BCUT2D eigenvalue weighted by Crippen LogP contribution is -2.43. The van der Waals surface area contributed by atoms with E-state index in [0.29, 0.717) is 0 Å². The van der Waals surface area contributed by atoms with Crippen molar-refractivity contribution < 1.29 is 9.53 Å². The number of hydrogen-bond donors (Lipinski definition) is 1. The highest BCUT2D eigenvalue weighted by atomic mass is 16.5. The largest absolute Gasteiger partial charge is 0.497 e. The zero-order valence-corrected chi connectivity index (χ0v) is 11.5. The number of hydrogen-bond acceptors (Lipinski definition) is 3. The molecule has 0 aliphatic carbocycles. The Hall–Kier alpha value is -2.49. The number of benzene rings is 2. The van der Waals surface area contributed by atoms with Crippen LogP contribution in [0.25, 0.3) is 0 Å². The van der Waals surface area contributed by atoms with Gasteiger partial charge in [0, 0.05) is 5.69 Å². The summed E-state index contributed by atoms with van der Waals surface area (Å²) in [6.07, 6.45) is 0. The van der Waals surface area contributed by atoms with Gasteiger partial charge in [0.15, 0.2) is 0 Å². The molecule has 20 heavy (non-hydrogen) atoms. The molecular formula is C16H16N2O2. The molecule has 0 spiro atoms. The van der Waals surface area contributed by atoms with Crippen molar-refractivity contribution in [3.05, 3.63) is 48.5 Å². The molecule has 0 bridgehead atoms. The SMILES string of the molecule is COc1ccc(N2C(=O)[C@@H](C)Nc3ccccc32)cc1. The van der Waals surface area contributed by atoms with Gasteiger partial charge >= 0.3 is 0 Å². The third kappa shape index (κ3) is 1.99. The molecule has 4 heteroatoms. The summed E-state index contributed by atoms with van der Waals surface area (Å²) >= 11 is 0. The Labute approximate surface area is 118 Å². The minimum atomic E-state index is -0.244. The predicted octanol–water partition coefficient (Wildman–Crippen LogP) is 3.17. The topological polar surface area (TPSA) is 41.6 Å². The number of methoxy groups -OCH3 is 1. The number of nitrogens with zero attached hydrogens (tertiary/aromatic N) is 1. The van der Waals surface area contributed by atoms with Crippen LogP contribution in [0.5, 0.6) is 5.75 Å². The van der Waals surface area contributed by atoms with E-state index in [4.69, 9.17) is 4.74 Å². The molecule has 1 aliphatic heterocycles. The van der Waals surface area contributed by atoms with Crippen molar-refractivity contribution in [3.8, 4) is 5.75 Å². The number of carbonyl (C=O) groups is 1. The number of nitrogens with one attached hydrogen (secondary N) is 1. The average molecular weight is 268 g/mol. The lowest BCUT2D eigenvalue weighted by molar-refractivity contribution is -0.118. The first kappa shape index (κ1) is 12.5. The summed E-state index contributed by atoms with van der Waals surface area (Å²) in [5, 5.41) is 3.22. The number of amides is 1. The van der Waals surface area contributed by atoms with Gasteiger partial charge in [0.25, 0.3) is 5.91 Å². The van der Waals surface area contributed by atoms with E-state index in [9.17, 15) is 4.79 Å². The molecule has 2 aromatic rings. The van der Waals surface area contributed by atoms with Crippen LogP contribution in [0, 0.1) is 0 Å². The highest BCUT2D eigenvalue weighted by molar-refractivity contribution is 6.09. The van der Waals surface area contributed by atoms with E-state index in [1.54, 1.807) is 12.0 Å². The second-order valence-electron chi connectivity index (χ2n) is 4.75. The van der Waals surface area contributed by atoms with Gasteiger partial charge in [0.2, 0.25) is 0 Å². The van der Waals surface area contributed by atoms with Crippen molar-refractivity contribution >= 4 is 23.0 Å². The quantitative estimate of drug-likeness (QED) is 0.909. The maximum absolute atomic E-state index is 12.5. The van der Waals surface area contributed by atoms with Crippen molar-refractivity contribution in [2.45, 2.75) is 13.0 Å². The molecule has 0 unspecified atom stereocenters. The minimum absolute atomic E-state index is 0.0360. The summed E-state index contributed by atoms with van der Waals surface area (Å²) < 4.78 is 5.16. The standard InChI is InChI=1S/C16H16N2O2/c1-11-16(19)18(12-7-9-13(20-2)10-8-12)15-6-4-3-5-14(15)17-11/h3-11,17H,1-2H3/t11-/m1/s1. The van der Waals surface area contributed by atoms with Gasteiger partial charge in [-0.05, 0) is 43.3 Å². The first-order valence-electron chi connectivity index (χ1n) is 6.54. The molecule has 1 atom stereocenters. The Morgan fingerprint density at radius 1 is 1.10 bits per heavy atom. The second-order valence-corrected chi connectivity index (χ2v) is 4.75. The fourth-order valence-electron chi connectivity index (χ4n) is 2.40. The summed E-state index contributed by atoms with van der Waals surface area (Å²) in [7, 11) is 1.63. The van der Waals surface area contributed by atoms with Crippen molar-refractivity contribution in [3.63, 3.8) is 0 Å². The number of ether oxygens (including phenoxy) is 1. The van der Waals surface area contributed by atoms with Crippen LogP contribution in [0.3, 0.4) is 0 Å². The Kier molecular flexibility index (Phi) is 3.06. The number of para-hydroxylation sites is 2. The molecule has 2 aromatic carbocycles. The van der Waals surface area contributed by atoms with Crippen molar-refractivity contribution in [2.24, 2.45) is 0 Å². The van der Waals surface area contributed by atoms with Gasteiger partial charge in [-0.3, -0.25) is 9.69 Å². The van der Waals surface area contributed by atoms with Gasteiger partial charge in [-0.2, -0.15) is 0 Å². The van der Waals surface area contributed by atoms with Gasteiger partial charge in [-0.25, -0.2) is 0 Å². The van der Waals surface area contributed by atoms with Crippen LogP contribution in [0.4, 0.5) is 17.1 Å². The van der Waals surface area contributed by atoms with Crippen LogP contribution < -0.4 is 15.0 Å². The fraction of sp³-hybridized carbons (Fsp3) is 0.188. The van der Waals surface area contributed by atoms with E-state index >= 15 is 0 Å². The number of rotatable bonds is 2. The van der Waals surface area contributed by atoms with Gasteiger partial charge in [0.1, 0.15) is 11.8 Å². The van der Waals surface area contributed by atoms with Crippen LogP contribution >= 0.6 is 0 Å². The second kappa shape index (κ2) is 4.89. The Bertz CT molecular complexity index is 637. The lowest BCUT2D eigenvalue weighted by Gasteiger charge is -2.33. The maximum Gasteiger partial charge on any atom is 0.253 e. The van der Waals surface area contributed by atoms with Gasteiger partial charge in [-0.1, -0.05) is 12.1 Å². The zero-order chi connectivity index (χ0) is 14.1. The molecule has 1 heterocycles. The van der Waals surface area contributed by atoms with Crippen molar-refractivity contribution in [1.29, 1.82) is 0 Å². The van der Waals surface area contributed by atoms with E-state index in [1.807, 2.05) is 55.5 Å². The lowest BCUT2D eigenvalue weighted by atomic mass is 10.1. The predicted molar refractivity (Wildman–Crippen MR) is 79.7 cm³/mol. The number of fused-ring (bicyclic) bond motifs is 1. The summed E-state index contributed by atoms with van der Waals surface area (Å²) in [5.74, 6) is 0.812. The van der Waals surface area contributed by atoms with Crippen LogP contribution in [0.15, 0.2) is 48.5 Å². The molecule has 0 saturated carbocycles. The molecule has 1 aliphatic rings. The average Bonchev–Trinajstić information content (AvgIpc) is 2.49. The highest BCUT2D eigenvalue weighted by Crippen LogP contribution is 2.37. The smallest absolute Gasteiger partial charge is 0.253 e. The fourth-order valence-corrected chi connectivity index (χ4v) is 2.40. The van der Waals surface area contributed by atoms with Crippen molar-refractivity contribution in [2.75, 3.05) is 17.3 Å². The van der Waals surface area contributed by atoms with Crippen molar-refractivity contribution in [1.82, 2.24) is 0 Å². The number of carbonyl (C=O) groups excluding carboxylic acids is 1. The highest BCUT2D eigenvalue weighted by Gasteiger charge is 2.30. The third-order valence-corrected chi connectivity index (χ3v) is 3.44. The summed E-state index contributed by atoms with van der Waals surface area (Å²) in [6.45, 7) is 1.87. The minimum Gasteiger partial charge on any atom is -0.497 e. The normalized spacial score (nSPS) is 17.4. The van der Waals surface area contributed by atoms with E-state index in [-0.39, 0.29) is 11.9 Å². The Morgan fingerprint density at radius 3 is 2.50 bits per heavy atom. The molecule has 0 aromatic heterocycles.